The van der Waals surface area contributed by atoms with E-state index in [0.29, 0.717) is 0 Å². The van der Waals surface area contributed by atoms with Crippen LogP contribution in [0.5, 0.6) is 0 Å². The molecule has 1 heterocycles. The molecule has 0 radical (unpaired) electrons. The van der Waals surface area contributed by atoms with Crippen LogP contribution in [-0.2, 0) is 10.0 Å². The lowest BCUT2D eigenvalue weighted by Gasteiger charge is -2.18. The first-order valence-electron chi connectivity index (χ1n) is 3.96. The van der Waals surface area contributed by atoms with Gasteiger partial charge in [0, 0.05) is 6.54 Å². The van der Waals surface area contributed by atoms with Crippen LogP contribution in [0.25, 0.3) is 0 Å². The van der Waals surface area contributed by atoms with E-state index in [4.69, 9.17) is 0 Å². The van der Waals surface area contributed by atoms with Crippen LogP contribution in [0.2, 0.25) is 0 Å². The maximum atomic E-state index is 12.9. The van der Waals surface area contributed by atoms with Crippen LogP contribution < -0.4 is 10.0 Å². The molecule has 0 aromatic carbocycles. The van der Waals surface area contributed by atoms with E-state index in [1.807, 2.05) is 4.72 Å². The number of nitrogens with one attached hydrogen (secondary N) is 2. The van der Waals surface area contributed by atoms with Crippen molar-refractivity contribution >= 4 is 22.4 Å². The Kier molecular flexibility index (Phi) is 4.70. The molecule has 86 valence electrons. The number of alkyl halides is 2. The average Bonchev–Trinajstić information content (AvgIpc) is 2.31. The Morgan fingerprint density at radius 2 is 2.14 bits per heavy atom. The highest BCUT2D eigenvalue weighted by Crippen LogP contribution is 2.22. The molecule has 1 aliphatic heterocycles. The third-order valence-electron chi connectivity index (χ3n) is 1.92. The second kappa shape index (κ2) is 4.69. The lowest BCUT2D eigenvalue weighted by Crippen LogP contribution is -2.47. The summed E-state index contributed by atoms with van der Waals surface area (Å²) < 4.78 is 49.7. The van der Waals surface area contributed by atoms with Gasteiger partial charge in [-0.2, -0.15) is 0 Å². The molecule has 0 aromatic heterocycles. The molecule has 0 aromatic rings. The van der Waals surface area contributed by atoms with Crippen molar-refractivity contribution in [2.24, 2.45) is 0 Å². The van der Waals surface area contributed by atoms with Gasteiger partial charge < -0.3 is 5.32 Å². The topological polar surface area (TPSA) is 58.2 Å². The molecule has 0 saturated carbocycles. The normalized spacial score (nSPS) is 25.8. The molecule has 4 nitrogen and oxygen atoms in total. The predicted octanol–water partition coefficient (Wildman–Crippen LogP) is -0.0454. The predicted molar refractivity (Wildman–Crippen MR) is 51.4 cm³/mol. The van der Waals surface area contributed by atoms with Crippen molar-refractivity contribution < 1.29 is 17.2 Å². The minimum atomic E-state index is -3.54. The van der Waals surface area contributed by atoms with E-state index < -0.39 is 28.5 Å². The highest BCUT2D eigenvalue weighted by Gasteiger charge is 2.45. The van der Waals surface area contributed by atoms with Gasteiger partial charge in [0.15, 0.2) is 0 Å². The van der Waals surface area contributed by atoms with E-state index in [1.54, 1.807) is 0 Å². The largest absolute Gasteiger partial charge is 0.309 e. The summed E-state index contributed by atoms with van der Waals surface area (Å²) in [6.45, 7) is 0.916. The monoisotopic (exact) mass is 250 g/mol. The zero-order chi connectivity index (χ0) is 10.1. The van der Waals surface area contributed by atoms with E-state index in [9.17, 15) is 17.2 Å². The molecule has 0 bridgehead atoms. The molecule has 1 saturated heterocycles. The summed E-state index contributed by atoms with van der Waals surface area (Å²) in [6, 6.07) is -1.31. The molecule has 0 amide bonds. The SMILES string of the molecule is CCS(=O)(=O)N[C@@H]1CNCC1(F)F.Cl. The van der Waals surface area contributed by atoms with Gasteiger partial charge in [-0.3, -0.25) is 0 Å². The highest BCUT2D eigenvalue weighted by molar-refractivity contribution is 7.89. The average molecular weight is 251 g/mol. The molecule has 2 N–H and O–H groups in total. The summed E-state index contributed by atoms with van der Waals surface area (Å²) in [7, 11) is -3.54. The van der Waals surface area contributed by atoms with Crippen LogP contribution >= 0.6 is 12.4 Å². The van der Waals surface area contributed by atoms with Gasteiger partial charge in [0.25, 0.3) is 5.92 Å². The first-order chi connectivity index (χ1) is 5.87. The second-order valence-electron chi connectivity index (χ2n) is 2.97. The Bertz CT molecular complexity index is 284. The lowest BCUT2D eigenvalue weighted by atomic mass is 10.2. The first-order valence-corrected chi connectivity index (χ1v) is 5.61. The highest BCUT2D eigenvalue weighted by atomic mass is 35.5. The van der Waals surface area contributed by atoms with Gasteiger partial charge in [0.1, 0.15) is 0 Å². The Labute approximate surface area is 87.9 Å². The quantitative estimate of drug-likeness (QED) is 0.739. The van der Waals surface area contributed by atoms with Crippen molar-refractivity contribution in [3.63, 3.8) is 0 Å². The van der Waals surface area contributed by atoms with Crippen molar-refractivity contribution in [2.45, 2.75) is 18.9 Å². The maximum absolute atomic E-state index is 12.9. The Hall–Kier alpha value is 0.0200. The number of hydrogen-bond donors (Lipinski definition) is 2. The van der Waals surface area contributed by atoms with Crippen molar-refractivity contribution in [1.82, 2.24) is 10.0 Å². The summed E-state index contributed by atoms with van der Waals surface area (Å²) in [5.74, 6) is -3.16. The van der Waals surface area contributed by atoms with Gasteiger partial charge in [-0.05, 0) is 6.92 Å². The first kappa shape index (κ1) is 14.0. The summed E-state index contributed by atoms with van der Waals surface area (Å²) in [5.41, 5.74) is 0. The van der Waals surface area contributed by atoms with Crippen LogP contribution in [0.4, 0.5) is 8.78 Å². The fraction of sp³-hybridized carbons (Fsp3) is 1.00. The number of halogens is 3. The number of rotatable bonds is 3. The van der Waals surface area contributed by atoms with E-state index >= 15 is 0 Å². The number of sulfonamides is 1. The summed E-state index contributed by atoms with van der Waals surface area (Å²) >= 11 is 0. The molecule has 0 aliphatic carbocycles. The van der Waals surface area contributed by atoms with E-state index in [-0.39, 0.29) is 24.7 Å². The molecule has 1 atom stereocenters. The van der Waals surface area contributed by atoms with Crippen molar-refractivity contribution in [3.8, 4) is 0 Å². The lowest BCUT2D eigenvalue weighted by molar-refractivity contribution is 0.00331. The van der Waals surface area contributed by atoms with Crippen molar-refractivity contribution in [2.75, 3.05) is 18.8 Å². The van der Waals surface area contributed by atoms with Crippen LogP contribution in [0.3, 0.4) is 0 Å². The minimum Gasteiger partial charge on any atom is -0.309 e. The van der Waals surface area contributed by atoms with E-state index in [2.05, 4.69) is 5.32 Å². The standard InChI is InChI=1S/C6H12F2N2O2S.ClH/c1-2-13(11,12)10-5-3-9-4-6(5,7)8;/h5,9-10H,2-4H2,1H3;1H/t5-;/m1./s1. The van der Waals surface area contributed by atoms with Crippen molar-refractivity contribution in [3.05, 3.63) is 0 Å². The third kappa shape index (κ3) is 3.30. The van der Waals surface area contributed by atoms with E-state index in [0.717, 1.165) is 0 Å². The van der Waals surface area contributed by atoms with E-state index in [1.165, 1.54) is 6.92 Å². The third-order valence-corrected chi connectivity index (χ3v) is 3.32. The minimum absolute atomic E-state index is 0. The maximum Gasteiger partial charge on any atom is 0.277 e. The van der Waals surface area contributed by atoms with Crippen LogP contribution in [0, 0.1) is 0 Å². The molecule has 14 heavy (non-hydrogen) atoms. The van der Waals surface area contributed by atoms with Gasteiger partial charge >= 0.3 is 0 Å². The molecular weight excluding hydrogens is 238 g/mol. The fourth-order valence-electron chi connectivity index (χ4n) is 1.08. The van der Waals surface area contributed by atoms with Gasteiger partial charge in [-0.1, -0.05) is 0 Å². The van der Waals surface area contributed by atoms with Crippen molar-refractivity contribution in [1.29, 1.82) is 0 Å². The van der Waals surface area contributed by atoms with Gasteiger partial charge in [0.2, 0.25) is 10.0 Å². The summed E-state index contributed by atoms with van der Waals surface area (Å²) in [4.78, 5) is 0. The molecule has 0 unspecified atom stereocenters. The Morgan fingerprint density at radius 3 is 2.50 bits per heavy atom. The zero-order valence-electron chi connectivity index (χ0n) is 7.59. The molecule has 8 heteroatoms. The van der Waals surface area contributed by atoms with Crippen LogP contribution in [0.15, 0.2) is 0 Å². The summed E-state index contributed by atoms with van der Waals surface area (Å²) in [6.07, 6.45) is 0. The fourth-order valence-corrected chi connectivity index (χ4v) is 1.94. The summed E-state index contributed by atoms with van der Waals surface area (Å²) in [5, 5.41) is 2.43. The molecule has 1 rings (SSSR count). The molecular formula is C6H13ClF2N2O2S. The van der Waals surface area contributed by atoms with Gasteiger partial charge in [0.05, 0.1) is 18.3 Å². The van der Waals surface area contributed by atoms with Gasteiger partial charge in [-0.15, -0.1) is 12.4 Å². The number of hydrogen-bond acceptors (Lipinski definition) is 3. The van der Waals surface area contributed by atoms with Crippen LogP contribution in [0.1, 0.15) is 6.92 Å². The Balaban J connectivity index is 0.00000169. The second-order valence-corrected chi connectivity index (χ2v) is 5.01. The van der Waals surface area contributed by atoms with Crippen LogP contribution in [-0.4, -0.2) is 39.2 Å². The molecule has 0 spiro atoms. The zero-order valence-corrected chi connectivity index (χ0v) is 9.22. The smallest absolute Gasteiger partial charge is 0.277 e. The van der Waals surface area contributed by atoms with Gasteiger partial charge in [-0.25, -0.2) is 21.9 Å². The Morgan fingerprint density at radius 1 is 1.57 bits per heavy atom. The molecule has 1 fully saturated rings. The molecule has 1 aliphatic rings.